The molecule has 3 heteroatoms. The average Bonchev–Trinajstić information content (AvgIpc) is 2.04. The maximum Gasteiger partial charge on any atom is 0.263 e. The van der Waals surface area contributed by atoms with Crippen LogP contribution in [-0.2, 0) is 0 Å². The Labute approximate surface area is 78.9 Å². The van der Waals surface area contributed by atoms with Crippen molar-refractivity contribution in [3.05, 3.63) is 0 Å². The lowest BCUT2D eigenvalue weighted by Crippen LogP contribution is -2.48. The van der Waals surface area contributed by atoms with Crippen molar-refractivity contribution < 1.29 is 8.78 Å². The fraction of sp³-hybridized carbons (Fsp3) is 1.00. The highest BCUT2D eigenvalue weighted by molar-refractivity contribution is 4.86. The molecule has 1 rings (SSSR count). The molecule has 1 nitrogen and oxygen atoms in total. The van der Waals surface area contributed by atoms with Crippen LogP contribution in [-0.4, -0.2) is 18.5 Å². The average molecular weight is 191 g/mol. The summed E-state index contributed by atoms with van der Waals surface area (Å²) in [6.45, 7) is 4.44. The lowest BCUT2D eigenvalue weighted by Gasteiger charge is -2.32. The fourth-order valence-electron chi connectivity index (χ4n) is 1.90. The molecule has 0 spiro atoms. The van der Waals surface area contributed by atoms with Crippen LogP contribution in [0.15, 0.2) is 0 Å². The van der Waals surface area contributed by atoms with Gasteiger partial charge in [-0.2, -0.15) is 0 Å². The summed E-state index contributed by atoms with van der Waals surface area (Å²) in [7, 11) is 0. The summed E-state index contributed by atoms with van der Waals surface area (Å²) in [5.74, 6) is -2.45. The Morgan fingerprint density at radius 1 is 1.38 bits per heavy atom. The molecule has 0 aromatic rings. The van der Waals surface area contributed by atoms with Gasteiger partial charge in [-0.3, -0.25) is 0 Å². The van der Waals surface area contributed by atoms with Crippen molar-refractivity contribution in [3.63, 3.8) is 0 Å². The second-order valence-electron chi connectivity index (χ2n) is 4.36. The predicted octanol–water partition coefficient (Wildman–Crippen LogP) is 2.81. The lowest BCUT2D eigenvalue weighted by atomic mass is 9.93. The van der Waals surface area contributed by atoms with Crippen molar-refractivity contribution in [2.45, 2.75) is 51.5 Å². The van der Waals surface area contributed by atoms with Crippen molar-refractivity contribution in [1.29, 1.82) is 0 Å². The molecule has 1 fully saturated rings. The van der Waals surface area contributed by atoms with Crippen LogP contribution in [0.5, 0.6) is 0 Å². The summed E-state index contributed by atoms with van der Waals surface area (Å²) in [5, 5.41) is 2.91. The summed E-state index contributed by atoms with van der Waals surface area (Å²) < 4.78 is 27.0. The molecular formula is C10H19F2N. The molecule has 0 aliphatic carbocycles. The predicted molar refractivity (Wildman–Crippen MR) is 50.0 cm³/mol. The standard InChI is InChI=1S/C10H19F2N/c1-8(2)7-10(11,12)9-5-3-4-6-13-9/h8-9,13H,3-7H2,1-2H3. The zero-order valence-corrected chi connectivity index (χ0v) is 8.45. The van der Waals surface area contributed by atoms with Gasteiger partial charge in [0.2, 0.25) is 0 Å². The molecule has 1 saturated heterocycles. The van der Waals surface area contributed by atoms with E-state index in [2.05, 4.69) is 5.32 Å². The summed E-state index contributed by atoms with van der Waals surface area (Å²) >= 11 is 0. The molecule has 1 unspecified atom stereocenters. The lowest BCUT2D eigenvalue weighted by molar-refractivity contribution is -0.0611. The number of alkyl halides is 2. The highest BCUT2D eigenvalue weighted by Crippen LogP contribution is 2.31. The highest BCUT2D eigenvalue weighted by Gasteiger charge is 2.39. The van der Waals surface area contributed by atoms with E-state index in [0.29, 0.717) is 6.42 Å². The van der Waals surface area contributed by atoms with Gasteiger partial charge in [-0.15, -0.1) is 0 Å². The second kappa shape index (κ2) is 4.36. The monoisotopic (exact) mass is 191 g/mol. The Bertz CT molecular complexity index is 151. The summed E-state index contributed by atoms with van der Waals surface area (Å²) in [6, 6.07) is -0.580. The third-order valence-corrected chi connectivity index (χ3v) is 2.50. The Morgan fingerprint density at radius 2 is 2.08 bits per heavy atom. The first kappa shape index (κ1) is 10.9. The van der Waals surface area contributed by atoms with Crippen molar-refractivity contribution in [2.75, 3.05) is 6.54 Å². The topological polar surface area (TPSA) is 12.0 Å². The van der Waals surface area contributed by atoms with E-state index in [4.69, 9.17) is 0 Å². The van der Waals surface area contributed by atoms with Crippen molar-refractivity contribution in [1.82, 2.24) is 5.32 Å². The SMILES string of the molecule is CC(C)CC(F)(F)C1CCCCN1. The van der Waals surface area contributed by atoms with E-state index in [1.165, 1.54) is 0 Å². The zero-order chi connectivity index (χ0) is 9.90. The summed E-state index contributed by atoms with van der Waals surface area (Å²) in [4.78, 5) is 0. The van der Waals surface area contributed by atoms with Crippen LogP contribution in [0.2, 0.25) is 0 Å². The second-order valence-corrected chi connectivity index (χ2v) is 4.36. The summed E-state index contributed by atoms with van der Waals surface area (Å²) in [6.07, 6.45) is 2.60. The molecule has 1 aliphatic heterocycles. The Balaban J connectivity index is 2.45. The molecule has 78 valence electrons. The van der Waals surface area contributed by atoms with Crippen LogP contribution < -0.4 is 5.32 Å². The maximum atomic E-state index is 13.5. The van der Waals surface area contributed by atoms with E-state index < -0.39 is 12.0 Å². The molecule has 1 aliphatic rings. The third kappa shape index (κ3) is 3.22. The molecule has 0 amide bonds. The van der Waals surface area contributed by atoms with Gasteiger partial charge in [0.05, 0.1) is 6.04 Å². The molecular weight excluding hydrogens is 172 g/mol. The zero-order valence-electron chi connectivity index (χ0n) is 8.45. The molecule has 0 radical (unpaired) electrons. The van der Waals surface area contributed by atoms with Gasteiger partial charge in [0.25, 0.3) is 5.92 Å². The van der Waals surface area contributed by atoms with Crippen LogP contribution in [0, 0.1) is 5.92 Å². The Hall–Kier alpha value is -0.180. The first-order valence-corrected chi connectivity index (χ1v) is 5.13. The quantitative estimate of drug-likeness (QED) is 0.723. The van der Waals surface area contributed by atoms with Gasteiger partial charge in [-0.05, 0) is 25.3 Å². The van der Waals surface area contributed by atoms with Gasteiger partial charge >= 0.3 is 0 Å². The van der Waals surface area contributed by atoms with Gasteiger partial charge in [-0.1, -0.05) is 20.3 Å². The van der Waals surface area contributed by atoms with Crippen molar-refractivity contribution in [2.24, 2.45) is 5.92 Å². The van der Waals surface area contributed by atoms with E-state index >= 15 is 0 Å². The minimum absolute atomic E-state index is 0.00463. The highest BCUT2D eigenvalue weighted by atomic mass is 19.3. The molecule has 1 N–H and O–H groups in total. The van der Waals surface area contributed by atoms with Crippen LogP contribution in [0.25, 0.3) is 0 Å². The number of halogens is 2. The van der Waals surface area contributed by atoms with E-state index in [0.717, 1.165) is 19.4 Å². The van der Waals surface area contributed by atoms with Gasteiger partial charge in [-0.25, -0.2) is 8.78 Å². The van der Waals surface area contributed by atoms with Crippen LogP contribution in [0.3, 0.4) is 0 Å². The molecule has 1 heterocycles. The fourth-order valence-corrected chi connectivity index (χ4v) is 1.90. The normalized spacial score (nSPS) is 25.2. The first-order valence-electron chi connectivity index (χ1n) is 5.13. The number of nitrogens with one attached hydrogen (secondary N) is 1. The summed E-state index contributed by atoms with van der Waals surface area (Å²) in [5.41, 5.74) is 0. The van der Waals surface area contributed by atoms with Gasteiger partial charge in [0.15, 0.2) is 0 Å². The smallest absolute Gasteiger partial charge is 0.263 e. The van der Waals surface area contributed by atoms with Crippen LogP contribution >= 0.6 is 0 Å². The number of hydrogen-bond donors (Lipinski definition) is 1. The molecule has 0 bridgehead atoms. The van der Waals surface area contributed by atoms with Crippen molar-refractivity contribution in [3.8, 4) is 0 Å². The van der Waals surface area contributed by atoms with E-state index in [9.17, 15) is 8.78 Å². The van der Waals surface area contributed by atoms with E-state index in [-0.39, 0.29) is 12.3 Å². The Kier molecular flexibility index (Phi) is 3.65. The van der Waals surface area contributed by atoms with Gasteiger partial charge < -0.3 is 5.32 Å². The number of piperidine rings is 1. The van der Waals surface area contributed by atoms with Crippen molar-refractivity contribution >= 4 is 0 Å². The minimum atomic E-state index is -2.52. The van der Waals surface area contributed by atoms with Crippen LogP contribution in [0.1, 0.15) is 39.5 Å². The first-order chi connectivity index (χ1) is 6.02. The van der Waals surface area contributed by atoms with Gasteiger partial charge in [0, 0.05) is 6.42 Å². The largest absolute Gasteiger partial charge is 0.309 e. The minimum Gasteiger partial charge on any atom is -0.309 e. The molecule has 0 aromatic carbocycles. The molecule has 1 atom stereocenters. The molecule has 0 saturated carbocycles. The molecule has 13 heavy (non-hydrogen) atoms. The maximum absolute atomic E-state index is 13.5. The number of hydrogen-bond acceptors (Lipinski definition) is 1. The Morgan fingerprint density at radius 3 is 2.54 bits per heavy atom. The van der Waals surface area contributed by atoms with E-state index in [1.807, 2.05) is 13.8 Å². The third-order valence-electron chi connectivity index (χ3n) is 2.50. The van der Waals surface area contributed by atoms with Gasteiger partial charge in [0.1, 0.15) is 0 Å². The molecule has 0 aromatic heterocycles. The number of rotatable bonds is 3. The van der Waals surface area contributed by atoms with E-state index in [1.54, 1.807) is 0 Å². The van der Waals surface area contributed by atoms with Crippen LogP contribution in [0.4, 0.5) is 8.78 Å².